The van der Waals surface area contributed by atoms with E-state index in [2.05, 4.69) is 0 Å². The molecule has 2 amide bonds. The van der Waals surface area contributed by atoms with Crippen LogP contribution in [0.15, 0.2) is 24.3 Å². The summed E-state index contributed by atoms with van der Waals surface area (Å²) in [5, 5.41) is 9.34. The van der Waals surface area contributed by atoms with Gasteiger partial charge in [-0.2, -0.15) is 4.31 Å². The van der Waals surface area contributed by atoms with Gasteiger partial charge in [0.15, 0.2) is 0 Å². The Hall–Kier alpha value is -2.48. The Kier molecular flexibility index (Phi) is 7.79. The van der Waals surface area contributed by atoms with Gasteiger partial charge in [0.05, 0.1) is 30.1 Å². The number of nitrogens with zero attached hydrogens (tertiary/aromatic N) is 3. The Bertz CT molecular complexity index is 1020. The van der Waals surface area contributed by atoms with Crippen LogP contribution in [-0.4, -0.2) is 99.2 Å². The number of hydroxylamine groups is 1. The van der Waals surface area contributed by atoms with E-state index in [9.17, 15) is 27.6 Å². The maximum absolute atomic E-state index is 14.1. The number of sulfonamides is 1. The van der Waals surface area contributed by atoms with Crippen molar-refractivity contribution in [3.05, 3.63) is 30.1 Å². The van der Waals surface area contributed by atoms with Crippen LogP contribution >= 0.6 is 0 Å². The molecular weight excluding hydrogens is 483 g/mol. The third kappa shape index (κ3) is 5.68. The van der Waals surface area contributed by atoms with Crippen LogP contribution in [0.25, 0.3) is 0 Å². The second kappa shape index (κ2) is 10.6. The van der Waals surface area contributed by atoms with E-state index in [1.54, 1.807) is 28.6 Å². The first-order chi connectivity index (χ1) is 16.7. The summed E-state index contributed by atoms with van der Waals surface area (Å²) in [6.07, 6.45) is -0.0866. The molecule has 0 aromatic heterocycles. The highest BCUT2D eigenvalue weighted by Crippen LogP contribution is 2.35. The fourth-order valence-electron chi connectivity index (χ4n) is 4.85. The smallest absolute Gasteiger partial charge is 0.410 e. The molecule has 0 bridgehead atoms. The molecule has 1 aromatic rings. The van der Waals surface area contributed by atoms with E-state index in [4.69, 9.17) is 9.47 Å². The van der Waals surface area contributed by atoms with E-state index in [0.29, 0.717) is 38.4 Å². The number of para-hydroxylation sites is 1. The molecule has 3 fully saturated rings. The van der Waals surface area contributed by atoms with Crippen LogP contribution in [0.2, 0.25) is 0 Å². The number of halogens is 1. The van der Waals surface area contributed by atoms with Crippen LogP contribution in [0, 0.1) is 11.2 Å². The molecule has 2 N–H and O–H groups in total. The third-order valence-electron chi connectivity index (χ3n) is 7.00. The van der Waals surface area contributed by atoms with Gasteiger partial charge in [0.25, 0.3) is 5.91 Å². The molecule has 194 valence electrons. The Labute approximate surface area is 203 Å². The van der Waals surface area contributed by atoms with Gasteiger partial charge in [-0.05, 0) is 25.0 Å². The Morgan fingerprint density at radius 1 is 1.14 bits per heavy atom. The molecule has 0 unspecified atom stereocenters. The van der Waals surface area contributed by atoms with Crippen LogP contribution in [0.1, 0.15) is 19.3 Å². The number of carbonyl (C=O) groups excluding carboxylic acids is 2. The molecule has 0 spiro atoms. The summed E-state index contributed by atoms with van der Waals surface area (Å²) < 4.78 is 52.6. The molecule has 0 saturated carbocycles. The third-order valence-corrected chi connectivity index (χ3v) is 9.07. The summed E-state index contributed by atoms with van der Waals surface area (Å²) in [7, 11) is -3.88. The van der Waals surface area contributed by atoms with Crippen molar-refractivity contribution < 1.29 is 37.1 Å². The molecule has 3 aliphatic rings. The lowest BCUT2D eigenvalue weighted by Gasteiger charge is -2.41. The van der Waals surface area contributed by atoms with Crippen LogP contribution < -0.4 is 10.4 Å². The van der Waals surface area contributed by atoms with Crippen molar-refractivity contribution in [1.82, 2.24) is 14.7 Å². The predicted octanol–water partition coefficient (Wildman–Crippen LogP) is 0.791. The van der Waals surface area contributed by atoms with Crippen molar-refractivity contribution in [2.24, 2.45) is 5.41 Å². The molecule has 3 aliphatic heterocycles. The van der Waals surface area contributed by atoms with Crippen molar-refractivity contribution in [3.8, 4) is 0 Å². The van der Waals surface area contributed by atoms with E-state index in [0.717, 1.165) is 0 Å². The maximum atomic E-state index is 14.1. The summed E-state index contributed by atoms with van der Waals surface area (Å²) >= 11 is 0. The van der Waals surface area contributed by atoms with Crippen molar-refractivity contribution in [3.63, 3.8) is 0 Å². The van der Waals surface area contributed by atoms with Gasteiger partial charge in [-0.3, -0.25) is 10.0 Å². The standard InChI is InChI=1S/C22H31FN4O7S/c23-18-3-1-2-4-19(18)25-10-12-27(13-11-25)35(31,32)16-22(20(28)24-30)6-8-26(9-7-22)21(29)34-17-5-14-33-15-17/h1-4,17,30H,5-16H2,(H,24,28)/t17-/m0/s1. The first-order valence-corrected chi connectivity index (χ1v) is 13.3. The summed E-state index contributed by atoms with van der Waals surface area (Å²) in [6.45, 7) is 2.04. The number of benzene rings is 1. The van der Waals surface area contributed by atoms with Crippen LogP contribution in [-0.2, 0) is 24.3 Å². The van der Waals surface area contributed by atoms with Gasteiger partial charge in [-0.15, -0.1) is 0 Å². The van der Waals surface area contributed by atoms with Gasteiger partial charge in [0, 0.05) is 45.7 Å². The highest BCUT2D eigenvalue weighted by atomic mass is 32.2. The number of hydrogen-bond donors (Lipinski definition) is 2. The maximum Gasteiger partial charge on any atom is 0.410 e. The van der Waals surface area contributed by atoms with Gasteiger partial charge in [-0.1, -0.05) is 12.1 Å². The van der Waals surface area contributed by atoms with E-state index in [-0.39, 0.29) is 50.9 Å². The fraction of sp³-hybridized carbons (Fsp3) is 0.636. The molecule has 4 rings (SSSR count). The number of rotatable bonds is 6. The minimum absolute atomic E-state index is 0.0596. The largest absolute Gasteiger partial charge is 0.444 e. The van der Waals surface area contributed by atoms with Crippen molar-refractivity contribution in [2.45, 2.75) is 25.4 Å². The monoisotopic (exact) mass is 514 g/mol. The van der Waals surface area contributed by atoms with Crippen LogP contribution in [0.4, 0.5) is 14.9 Å². The number of hydrogen-bond acceptors (Lipinski definition) is 8. The minimum Gasteiger partial charge on any atom is -0.444 e. The van der Waals surface area contributed by atoms with Crippen molar-refractivity contribution in [2.75, 3.05) is 63.1 Å². The van der Waals surface area contributed by atoms with Crippen LogP contribution in [0.3, 0.4) is 0 Å². The summed E-state index contributed by atoms with van der Waals surface area (Å²) in [5.41, 5.74) is 0.651. The molecule has 1 atom stereocenters. The number of piperazine rings is 1. The van der Waals surface area contributed by atoms with Gasteiger partial charge < -0.3 is 19.3 Å². The Balaban J connectivity index is 1.38. The van der Waals surface area contributed by atoms with Crippen molar-refractivity contribution >= 4 is 27.7 Å². The molecule has 13 heteroatoms. The number of piperidine rings is 1. The average Bonchev–Trinajstić information content (AvgIpc) is 3.37. The number of nitrogens with one attached hydrogen (secondary N) is 1. The Morgan fingerprint density at radius 3 is 2.43 bits per heavy atom. The normalized spacial score (nSPS) is 23.2. The van der Waals surface area contributed by atoms with E-state index < -0.39 is 33.2 Å². The molecule has 1 aromatic carbocycles. The Morgan fingerprint density at radius 2 is 1.83 bits per heavy atom. The SMILES string of the molecule is O=C(O[C@H]1CCOC1)N1CCC(CS(=O)(=O)N2CCN(c3ccccc3F)CC2)(C(=O)NO)CC1. The molecule has 0 aliphatic carbocycles. The van der Waals surface area contributed by atoms with Crippen molar-refractivity contribution in [1.29, 1.82) is 0 Å². The number of amides is 2. The number of likely N-dealkylation sites (tertiary alicyclic amines) is 1. The predicted molar refractivity (Wildman–Crippen MR) is 123 cm³/mol. The topological polar surface area (TPSA) is 129 Å². The second-order valence-electron chi connectivity index (χ2n) is 9.17. The van der Waals surface area contributed by atoms with E-state index >= 15 is 0 Å². The average molecular weight is 515 g/mol. The zero-order valence-electron chi connectivity index (χ0n) is 19.4. The molecular formula is C22H31FN4O7S. The quantitative estimate of drug-likeness (QED) is 0.421. The summed E-state index contributed by atoms with van der Waals surface area (Å²) in [6, 6.07) is 6.33. The second-order valence-corrected chi connectivity index (χ2v) is 11.1. The molecule has 3 saturated heterocycles. The highest BCUT2D eigenvalue weighted by molar-refractivity contribution is 7.89. The molecule has 35 heavy (non-hydrogen) atoms. The lowest BCUT2D eigenvalue weighted by atomic mass is 9.79. The zero-order valence-corrected chi connectivity index (χ0v) is 20.2. The van der Waals surface area contributed by atoms with Gasteiger partial charge in [0.2, 0.25) is 10.0 Å². The fourth-order valence-corrected chi connectivity index (χ4v) is 6.87. The van der Waals surface area contributed by atoms with E-state index in [1.165, 1.54) is 15.3 Å². The first kappa shape index (κ1) is 25.6. The summed E-state index contributed by atoms with van der Waals surface area (Å²) in [5.74, 6) is -1.65. The molecule has 11 nitrogen and oxygen atoms in total. The van der Waals surface area contributed by atoms with Gasteiger partial charge in [-0.25, -0.2) is 23.1 Å². The first-order valence-electron chi connectivity index (χ1n) is 11.7. The van der Waals surface area contributed by atoms with E-state index in [1.807, 2.05) is 0 Å². The summed E-state index contributed by atoms with van der Waals surface area (Å²) in [4.78, 5) is 28.3. The minimum atomic E-state index is -3.88. The number of ether oxygens (including phenoxy) is 2. The molecule has 0 radical (unpaired) electrons. The van der Waals surface area contributed by atoms with Crippen LogP contribution in [0.5, 0.6) is 0 Å². The zero-order chi connectivity index (χ0) is 25.1. The highest BCUT2D eigenvalue weighted by Gasteiger charge is 2.47. The van der Waals surface area contributed by atoms with Gasteiger partial charge in [0.1, 0.15) is 11.9 Å². The number of anilines is 1. The van der Waals surface area contributed by atoms with Gasteiger partial charge >= 0.3 is 6.09 Å². The number of carbonyl (C=O) groups is 2. The molecule has 3 heterocycles. The lowest BCUT2D eigenvalue weighted by Crippen LogP contribution is -2.56. The lowest BCUT2D eigenvalue weighted by molar-refractivity contribution is -0.141.